The van der Waals surface area contributed by atoms with Crippen LogP contribution in [0.5, 0.6) is 5.75 Å². The fourth-order valence-corrected chi connectivity index (χ4v) is 2.31. The summed E-state index contributed by atoms with van der Waals surface area (Å²) >= 11 is 0. The molecule has 1 aliphatic carbocycles. The van der Waals surface area contributed by atoms with E-state index in [1.807, 2.05) is 0 Å². The Bertz CT molecular complexity index is 804. The van der Waals surface area contributed by atoms with Gasteiger partial charge in [0.1, 0.15) is 5.69 Å². The zero-order chi connectivity index (χ0) is 19.0. The van der Waals surface area contributed by atoms with E-state index in [4.69, 9.17) is 0 Å². The SMILES string of the molecule is COC(=O)c1nc(C(=O)N(C)C2CC2)ccc1OS(=O)(=O)C(F)(F)F. The van der Waals surface area contributed by atoms with Crippen molar-refractivity contribution in [2.75, 3.05) is 14.2 Å². The number of alkyl halides is 3. The van der Waals surface area contributed by atoms with E-state index < -0.39 is 38.9 Å². The number of carbonyl (C=O) groups excluding carboxylic acids is 2. The summed E-state index contributed by atoms with van der Waals surface area (Å²) < 4.78 is 67.8. The van der Waals surface area contributed by atoms with Crippen LogP contribution in [0.25, 0.3) is 0 Å². The third-order valence-corrected chi connectivity index (χ3v) is 4.32. The van der Waals surface area contributed by atoms with Gasteiger partial charge in [-0.15, -0.1) is 0 Å². The normalized spacial score (nSPS) is 14.8. The highest BCUT2D eigenvalue weighted by molar-refractivity contribution is 7.88. The lowest BCUT2D eigenvalue weighted by molar-refractivity contribution is -0.0500. The van der Waals surface area contributed by atoms with Crippen molar-refractivity contribution >= 4 is 22.0 Å². The molecule has 0 radical (unpaired) electrons. The van der Waals surface area contributed by atoms with Gasteiger partial charge in [-0.1, -0.05) is 0 Å². The van der Waals surface area contributed by atoms with Gasteiger partial charge in [-0.05, 0) is 25.0 Å². The number of amides is 1. The van der Waals surface area contributed by atoms with Gasteiger partial charge in [-0.2, -0.15) is 21.6 Å². The summed E-state index contributed by atoms with van der Waals surface area (Å²) in [5, 5.41) is 0. The lowest BCUT2D eigenvalue weighted by Gasteiger charge is -2.17. The number of hydrogen-bond acceptors (Lipinski definition) is 7. The van der Waals surface area contributed by atoms with Gasteiger partial charge in [0.15, 0.2) is 11.4 Å². The van der Waals surface area contributed by atoms with Gasteiger partial charge in [0.25, 0.3) is 5.91 Å². The Kier molecular flexibility index (Phi) is 4.93. The smallest absolute Gasteiger partial charge is 0.464 e. The first-order valence-corrected chi connectivity index (χ1v) is 8.26. The molecule has 0 atom stereocenters. The summed E-state index contributed by atoms with van der Waals surface area (Å²) in [6.07, 6.45) is 1.61. The van der Waals surface area contributed by atoms with Gasteiger partial charge in [-0.3, -0.25) is 4.79 Å². The predicted octanol–water partition coefficient (Wildman–Crippen LogP) is 1.33. The third kappa shape index (κ3) is 4.00. The average Bonchev–Trinajstić information content (AvgIpc) is 3.36. The number of methoxy groups -OCH3 is 1. The minimum atomic E-state index is -6.01. The Labute approximate surface area is 140 Å². The molecule has 1 aromatic rings. The van der Waals surface area contributed by atoms with Crippen LogP contribution in [-0.2, 0) is 14.9 Å². The van der Waals surface area contributed by atoms with Crippen molar-refractivity contribution in [3.8, 4) is 5.75 Å². The molecule has 1 aliphatic rings. The molecule has 1 fully saturated rings. The maximum atomic E-state index is 12.4. The summed E-state index contributed by atoms with van der Waals surface area (Å²) in [5.41, 5.74) is -6.81. The summed E-state index contributed by atoms with van der Waals surface area (Å²) in [6, 6.07) is 1.74. The molecule has 0 aliphatic heterocycles. The van der Waals surface area contributed by atoms with E-state index in [1.165, 1.54) is 11.9 Å². The van der Waals surface area contributed by atoms with E-state index >= 15 is 0 Å². The maximum Gasteiger partial charge on any atom is 0.534 e. The Morgan fingerprint density at radius 3 is 2.36 bits per heavy atom. The van der Waals surface area contributed by atoms with Crippen molar-refractivity contribution in [2.45, 2.75) is 24.4 Å². The van der Waals surface area contributed by atoms with Crippen LogP contribution in [0.3, 0.4) is 0 Å². The molecule has 0 unspecified atom stereocenters. The zero-order valence-corrected chi connectivity index (χ0v) is 13.8. The van der Waals surface area contributed by atoms with Crippen LogP contribution in [-0.4, -0.2) is 55.9 Å². The van der Waals surface area contributed by atoms with Crippen molar-refractivity contribution in [3.63, 3.8) is 0 Å². The van der Waals surface area contributed by atoms with E-state index in [1.54, 1.807) is 0 Å². The number of aromatic nitrogens is 1. The van der Waals surface area contributed by atoms with Crippen LogP contribution in [0.4, 0.5) is 13.2 Å². The van der Waals surface area contributed by atoms with E-state index in [-0.39, 0.29) is 11.7 Å². The Morgan fingerprint density at radius 1 is 1.28 bits per heavy atom. The number of hydrogen-bond donors (Lipinski definition) is 0. The fraction of sp³-hybridized carbons (Fsp3) is 0.462. The van der Waals surface area contributed by atoms with Crippen LogP contribution in [0.1, 0.15) is 33.8 Å². The number of esters is 1. The Balaban J connectivity index is 2.41. The lowest BCUT2D eigenvalue weighted by atomic mass is 10.2. The van der Waals surface area contributed by atoms with Crippen molar-refractivity contribution < 1.29 is 40.1 Å². The van der Waals surface area contributed by atoms with Crippen LogP contribution < -0.4 is 4.18 Å². The molecule has 1 saturated carbocycles. The molecule has 25 heavy (non-hydrogen) atoms. The summed E-state index contributed by atoms with van der Waals surface area (Å²) in [4.78, 5) is 28.9. The van der Waals surface area contributed by atoms with E-state index in [0.29, 0.717) is 0 Å². The molecule has 0 spiro atoms. The molecule has 0 bridgehead atoms. The van der Waals surface area contributed by atoms with Crippen molar-refractivity contribution in [1.82, 2.24) is 9.88 Å². The van der Waals surface area contributed by atoms with Crippen molar-refractivity contribution in [1.29, 1.82) is 0 Å². The van der Waals surface area contributed by atoms with Crippen LogP contribution >= 0.6 is 0 Å². The summed E-state index contributed by atoms with van der Waals surface area (Å²) in [5.74, 6) is -2.82. The van der Waals surface area contributed by atoms with Crippen LogP contribution in [0, 0.1) is 0 Å². The molecule has 2 rings (SSSR count). The second kappa shape index (κ2) is 6.50. The quantitative estimate of drug-likeness (QED) is 0.430. The minimum Gasteiger partial charge on any atom is -0.464 e. The predicted molar refractivity (Wildman–Crippen MR) is 76.3 cm³/mol. The molecule has 0 N–H and O–H groups in total. The summed E-state index contributed by atoms with van der Waals surface area (Å²) in [6.45, 7) is 0. The van der Waals surface area contributed by atoms with Crippen molar-refractivity contribution in [3.05, 3.63) is 23.5 Å². The van der Waals surface area contributed by atoms with Gasteiger partial charge < -0.3 is 13.8 Å². The first kappa shape index (κ1) is 19.0. The molecule has 1 heterocycles. The first-order valence-electron chi connectivity index (χ1n) is 6.85. The second-order valence-corrected chi connectivity index (χ2v) is 6.70. The summed E-state index contributed by atoms with van der Waals surface area (Å²) in [7, 11) is -3.59. The lowest BCUT2D eigenvalue weighted by Crippen LogP contribution is -2.31. The number of halogens is 3. The monoisotopic (exact) mass is 382 g/mol. The third-order valence-electron chi connectivity index (χ3n) is 3.35. The molecule has 138 valence electrons. The zero-order valence-electron chi connectivity index (χ0n) is 13.0. The molecule has 12 heteroatoms. The molecule has 1 amide bonds. The first-order chi connectivity index (χ1) is 11.5. The molecular formula is C13H13F3N2O6S. The second-order valence-electron chi connectivity index (χ2n) is 5.17. The standard InChI is InChI=1S/C13H13F3N2O6S/c1-18(7-3-4-7)11(19)8-5-6-9(10(17-8)12(20)23-2)24-25(21,22)13(14,15)16/h5-7H,3-4H2,1-2H3. The van der Waals surface area contributed by atoms with E-state index in [2.05, 4.69) is 13.9 Å². The van der Waals surface area contributed by atoms with Gasteiger partial charge in [0.05, 0.1) is 7.11 Å². The Morgan fingerprint density at radius 2 is 1.88 bits per heavy atom. The van der Waals surface area contributed by atoms with Crippen LogP contribution in [0.15, 0.2) is 12.1 Å². The highest BCUT2D eigenvalue weighted by Gasteiger charge is 2.49. The number of ether oxygens (including phenoxy) is 1. The topological polar surface area (TPSA) is 103 Å². The molecular weight excluding hydrogens is 369 g/mol. The largest absolute Gasteiger partial charge is 0.534 e. The Hall–Kier alpha value is -2.37. The van der Waals surface area contributed by atoms with E-state index in [0.717, 1.165) is 32.1 Å². The van der Waals surface area contributed by atoms with Gasteiger partial charge in [-0.25, -0.2) is 9.78 Å². The minimum absolute atomic E-state index is 0.0254. The molecule has 0 aromatic carbocycles. The van der Waals surface area contributed by atoms with Gasteiger partial charge in [0.2, 0.25) is 0 Å². The van der Waals surface area contributed by atoms with Gasteiger partial charge >= 0.3 is 21.6 Å². The number of carbonyl (C=O) groups is 2. The molecule has 0 saturated heterocycles. The van der Waals surface area contributed by atoms with Crippen molar-refractivity contribution in [2.24, 2.45) is 0 Å². The number of rotatable bonds is 5. The average molecular weight is 382 g/mol. The van der Waals surface area contributed by atoms with Crippen LogP contribution in [0.2, 0.25) is 0 Å². The highest BCUT2D eigenvalue weighted by atomic mass is 32.2. The fourth-order valence-electron chi connectivity index (χ4n) is 1.85. The number of nitrogens with zero attached hydrogens (tertiary/aromatic N) is 2. The number of pyridine rings is 1. The highest BCUT2D eigenvalue weighted by Crippen LogP contribution is 2.30. The molecule has 8 nitrogen and oxygen atoms in total. The molecule has 1 aromatic heterocycles. The van der Waals surface area contributed by atoms with Gasteiger partial charge in [0, 0.05) is 13.1 Å². The maximum absolute atomic E-state index is 12.4. The van der Waals surface area contributed by atoms with E-state index in [9.17, 15) is 31.2 Å².